The van der Waals surface area contributed by atoms with E-state index < -0.39 is 0 Å². The summed E-state index contributed by atoms with van der Waals surface area (Å²) in [6, 6.07) is 7.81. The molecule has 1 aliphatic heterocycles. The molecule has 1 aliphatic rings. The van der Waals surface area contributed by atoms with Crippen LogP contribution in [0.5, 0.6) is 0 Å². The number of hydrogen-bond donors (Lipinski definition) is 1. The van der Waals surface area contributed by atoms with Gasteiger partial charge < -0.3 is 8.96 Å². The Balaban J connectivity index is 2.27. The van der Waals surface area contributed by atoms with E-state index in [0.717, 1.165) is 11.4 Å². The topological polar surface area (TPSA) is 33.7 Å². The molecule has 0 atom stereocenters. The van der Waals surface area contributed by atoms with Gasteiger partial charge in [-0.2, -0.15) is 0 Å². The average molecular weight is 168 g/mol. The predicted molar refractivity (Wildman–Crippen MR) is 51.3 cm³/mol. The Kier molecular flexibility index (Phi) is 1.13. The van der Waals surface area contributed by atoms with E-state index in [1.54, 1.807) is 0 Å². The second-order valence-electron chi connectivity index (χ2n) is 3.09. The molecule has 0 spiro atoms. The van der Waals surface area contributed by atoms with Crippen molar-refractivity contribution in [3.63, 3.8) is 0 Å². The van der Waals surface area contributed by atoms with Crippen LogP contribution in [0.1, 0.15) is 11.4 Å². The minimum absolute atomic E-state index is 0.581. The molecule has 1 N–H and O–H groups in total. The van der Waals surface area contributed by atoms with Crippen molar-refractivity contribution >= 4 is 13.3 Å². The van der Waals surface area contributed by atoms with E-state index in [-0.39, 0.29) is 0 Å². The lowest BCUT2D eigenvalue weighted by atomic mass is 10.0. The van der Waals surface area contributed by atoms with Crippen LogP contribution < -0.4 is 0 Å². The molecule has 3 rings (SSSR count). The standard InChI is InChI=1S/C9H7BN3/c11-9-7-3-1-5-12(7)10-13-6-2-4-8(9)13/h1-6,11H. The van der Waals surface area contributed by atoms with Crippen molar-refractivity contribution in [2.75, 3.05) is 0 Å². The van der Waals surface area contributed by atoms with Crippen molar-refractivity contribution in [3.05, 3.63) is 48.0 Å². The third-order valence-corrected chi connectivity index (χ3v) is 2.32. The highest BCUT2D eigenvalue weighted by Gasteiger charge is 2.19. The van der Waals surface area contributed by atoms with Gasteiger partial charge in [0, 0.05) is 0 Å². The Hall–Kier alpha value is -1.71. The highest BCUT2D eigenvalue weighted by atomic mass is 15.1. The summed E-state index contributed by atoms with van der Waals surface area (Å²) in [4.78, 5) is 0. The molecular weight excluding hydrogens is 161 g/mol. The SMILES string of the molecule is N=C1c2cccn2[B]n2cccc21. The zero-order valence-electron chi connectivity index (χ0n) is 6.94. The molecule has 0 aliphatic carbocycles. The maximum atomic E-state index is 7.92. The minimum Gasteiger partial charge on any atom is -0.373 e. The molecule has 2 aromatic heterocycles. The molecule has 0 unspecified atom stereocenters. The summed E-state index contributed by atoms with van der Waals surface area (Å²) in [6.45, 7) is 0. The van der Waals surface area contributed by atoms with E-state index in [2.05, 4.69) is 0 Å². The fraction of sp³-hybridized carbons (Fsp3) is 0. The largest absolute Gasteiger partial charge is 0.400 e. The lowest BCUT2D eigenvalue weighted by Crippen LogP contribution is -2.29. The summed E-state index contributed by atoms with van der Waals surface area (Å²) in [6.07, 6.45) is 3.90. The minimum atomic E-state index is 0.581. The molecule has 13 heavy (non-hydrogen) atoms. The lowest BCUT2D eigenvalue weighted by molar-refractivity contribution is 1.05. The van der Waals surface area contributed by atoms with Crippen molar-refractivity contribution in [1.29, 1.82) is 5.41 Å². The molecule has 2 aromatic rings. The summed E-state index contributed by atoms with van der Waals surface area (Å²) in [7, 11) is 1.97. The molecule has 0 bridgehead atoms. The van der Waals surface area contributed by atoms with Gasteiger partial charge in [0.05, 0.1) is 17.1 Å². The van der Waals surface area contributed by atoms with Gasteiger partial charge in [0.25, 0.3) is 0 Å². The number of aromatic nitrogens is 2. The first-order valence-electron chi connectivity index (χ1n) is 4.14. The van der Waals surface area contributed by atoms with E-state index in [0.29, 0.717) is 5.71 Å². The first-order valence-corrected chi connectivity index (χ1v) is 4.14. The lowest BCUT2D eigenvalue weighted by Gasteiger charge is -2.18. The Bertz CT molecular complexity index is 438. The smallest absolute Gasteiger partial charge is 0.373 e. The van der Waals surface area contributed by atoms with Crippen LogP contribution in [-0.2, 0) is 0 Å². The normalized spacial score (nSPS) is 13.4. The molecule has 3 nitrogen and oxygen atoms in total. The average Bonchev–Trinajstić information content (AvgIpc) is 2.71. The van der Waals surface area contributed by atoms with Crippen LogP contribution in [0, 0.1) is 5.41 Å². The van der Waals surface area contributed by atoms with Crippen molar-refractivity contribution < 1.29 is 0 Å². The van der Waals surface area contributed by atoms with Crippen LogP contribution in [0.15, 0.2) is 36.7 Å². The van der Waals surface area contributed by atoms with Crippen LogP contribution >= 0.6 is 0 Å². The molecule has 1 radical (unpaired) electrons. The van der Waals surface area contributed by atoms with Gasteiger partial charge in [-0.1, -0.05) is 0 Å². The van der Waals surface area contributed by atoms with Crippen molar-refractivity contribution in [2.24, 2.45) is 0 Å². The molecule has 3 heterocycles. The second kappa shape index (κ2) is 2.16. The van der Waals surface area contributed by atoms with E-state index in [1.807, 2.05) is 53.2 Å². The monoisotopic (exact) mass is 168 g/mol. The van der Waals surface area contributed by atoms with Crippen molar-refractivity contribution in [2.45, 2.75) is 0 Å². The molecule has 61 valence electrons. The number of hydrogen-bond acceptors (Lipinski definition) is 1. The maximum Gasteiger partial charge on any atom is 0.400 e. The fourth-order valence-electron chi connectivity index (χ4n) is 1.68. The summed E-state index contributed by atoms with van der Waals surface area (Å²) in [5.74, 6) is 0. The number of nitrogens with one attached hydrogen (secondary N) is 1. The van der Waals surface area contributed by atoms with Crippen molar-refractivity contribution in [1.82, 2.24) is 8.96 Å². The molecule has 0 fully saturated rings. The van der Waals surface area contributed by atoms with Crippen molar-refractivity contribution in [3.8, 4) is 0 Å². The second-order valence-corrected chi connectivity index (χ2v) is 3.09. The van der Waals surface area contributed by atoms with Crippen LogP contribution in [0.4, 0.5) is 0 Å². The van der Waals surface area contributed by atoms with Crippen LogP contribution in [0.3, 0.4) is 0 Å². The van der Waals surface area contributed by atoms with Crippen LogP contribution in [0.25, 0.3) is 0 Å². The van der Waals surface area contributed by atoms with E-state index in [1.165, 1.54) is 0 Å². The summed E-state index contributed by atoms with van der Waals surface area (Å²) in [5, 5.41) is 7.92. The van der Waals surface area contributed by atoms with Gasteiger partial charge in [0.15, 0.2) is 0 Å². The van der Waals surface area contributed by atoms with Crippen LogP contribution in [-0.4, -0.2) is 22.2 Å². The Morgan fingerprint density at radius 3 is 2.08 bits per heavy atom. The molecule has 0 saturated heterocycles. The first-order chi connectivity index (χ1) is 6.36. The third kappa shape index (κ3) is 0.772. The Morgan fingerprint density at radius 2 is 1.54 bits per heavy atom. The van der Waals surface area contributed by atoms with Crippen LogP contribution in [0.2, 0.25) is 0 Å². The first kappa shape index (κ1) is 6.77. The van der Waals surface area contributed by atoms with E-state index >= 15 is 0 Å². The molecule has 0 saturated carbocycles. The molecule has 4 heteroatoms. The Labute approximate surface area is 76.4 Å². The zero-order chi connectivity index (χ0) is 8.84. The summed E-state index contributed by atoms with van der Waals surface area (Å²) in [5.41, 5.74) is 2.48. The predicted octanol–water partition coefficient (Wildman–Crippen LogP) is 0.950. The molecular formula is C9H7BN3. The Morgan fingerprint density at radius 1 is 1.00 bits per heavy atom. The van der Waals surface area contributed by atoms with Gasteiger partial charge in [-0.3, -0.25) is 5.41 Å². The van der Waals surface area contributed by atoms with Gasteiger partial charge in [-0.05, 0) is 36.7 Å². The number of fused-ring (bicyclic) bond motifs is 2. The molecule has 0 amide bonds. The van der Waals surface area contributed by atoms with E-state index in [4.69, 9.17) is 5.41 Å². The van der Waals surface area contributed by atoms with Gasteiger partial charge >= 0.3 is 7.55 Å². The number of nitrogens with zero attached hydrogens (tertiary/aromatic N) is 2. The van der Waals surface area contributed by atoms with Gasteiger partial charge in [0.2, 0.25) is 0 Å². The summed E-state index contributed by atoms with van der Waals surface area (Å²) >= 11 is 0. The van der Waals surface area contributed by atoms with E-state index in [9.17, 15) is 0 Å². The quantitative estimate of drug-likeness (QED) is 0.485. The third-order valence-electron chi connectivity index (χ3n) is 2.32. The zero-order valence-corrected chi connectivity index (χ0v) is 6.94. The molecule has 0 aromatic carbocycles. The maximum absolute atomic E-state index is 7.92. The highest BCUT2D eigenvalue weighted by Crippen LogP contribution is 2.15. The highest BCUT2D eigenvalue weighted by molar-refractivity contribution is 6.37. The van der Waals surface area contributed by atoms with Gasteiger partial charge in [-0.25, -0.2) is 0 Å². The summed E-state index contributed by atoms with van der Waals surface area (Å²) < 4.78 is 3.91. The van der Waals surface area contributed by atoms with Gasteiger partial charge in [-0.15, -0.1) is 0 Å². The fourth-order valence-corrected chi connectivity index (χ4v) is 1.68. The van der Waals surface area contributed by atoms with Gasteiger partial charge in [0.1, 0.15) is 0 Å². The number of rotatable bonds is 0.